The molecule has 11 aromatic carbocycles. The van der Waals surface area contributed by atoms with Crippen LogP contribution in [0.25, 0.3) is 141 Å². The molecule has 0 N–H and O–H groups in total. The average Bonchev–Trinajstić information content (AvgIpc) is 4.03. The number of hydrogen-bond donors (Lipinski definition) is 0. The van der Waals surface area contributed by atoms with Crippen molar-refractivity contribution >= 4 is 118 Å². The summed E-state index contributed by atoms with van der Waals surface area (Å²) in [5.41, 5.74) is 10.2. The first-order valence-corrected chi connectivity index (χ1v) is 21.6. The van der Waals surface area contributed by atoms with Gasteiger partial charge in [-0.05, 0) is 126 Å². The molecule has 0 aliphatic carbocycles. The van der Waals surface area contributed by atoms with Crippen LogP contribution in [0, 0.1) is 0 Å². The molecule has 3 aromatic heterocycles. The number of benzene rings is 11. The Balaban J connectivity index is 1.12. The van der Waals surface area contributed by atoms with Crippen molar-refractivity contribution < 1.29 is 8.83 Å². The van der Waals surface area contributed by atoms with Crippen LogP contribution < -0.4 is 0 Å². The van der Waals surface area contributed by atoms with Crippen molar-refractivity contribution in [2.45, 2.75) is 0 Å². The normalized spacial score (nSPS) is 12.3. The molecule has 0 atom stereocenters. The van der Waals surface area contributed by atoms with E-state index in [-0.39, 0.29) is 0 Å². The van der Waals surface area contributed by atoms with Gasteiger partial charge in [0.05, 0.1) is 0 Å². The Morgan fingerprint density at radius 1 is 0.279 bits per heavy atom. The molecule has 0 radical (unpaired) electrons. The van der Waals surface area contributed by atoms with Crippen LogP contribution in [0.1, 0.15) is 0 Å². The minimum Gasteiger partial charge on any atom is -0.455 e. The van der Waals surface area contributed by atoms with Gasteiger partial charge in [0, 0.05) is 52.8 Å². The fourth-order valence-electron chi connectivity index (χ4n) is 10.2. The molecular weight excluding hydrogens is 761 g/mol. The van der Waals surface area contributed by atoms with Gasteiger partial charge in [-0.3, -0.25) is 0 Å². The van der Waals surface area contributed by atoms with E-state index in [0.29, 0.717) is 0 Å². The maximum atomic E-state index is 7.03. The third kappa shape index (κ3) is 4.78. The molecule has 14 aromatic rings. The molecular formula is C58H32O2S. The van der Waals surface area contributed by atoms with Crippen LogP contribution in [0.4, 0.5) is 0 Å². The van der Waals surface area contributed by atoms with E-state index in [1.54, 1.807) is 0 Å². The van der Waals surface area contributed by atoms with E-state index in [0.717, 1.165) is 71.7 Å². The monoisotopic (exact) mass is 792 g/mol. The summed E-state index contributed by atoms with van der Waals surface area (Å²) in [6, 6.07) is 70.8. The van der Waals surface area contributed by atoms with E-state index in [1.807, 2.05) is 11.3 Å². The molecule has 3 heterocycles. The highest BCUT2D eigenvalue weighted by Gasteiger charge is 2.22. The van der Waals surface area contributed by atoms with Crippen LogP contribution in [0.15, 0.2) is 203 Å². The van der Waals surface area contributed by atoms with Crippen LogP contribution in [0.2, 0.25) is 0 Å². The lowest BCUT2D eigenvalue weighted by molar-refractivity contribution is 0.670. The summed E-state index contributed by atoms with van der Waals surface area (Å²) < 4.78 is 16.7. The number of furan rings is 2. The molecule has 0 amide bonds. The molecule has 282 valence electrons. The van der Waals surface area contributed by atoms with Gasteiger partial charge in [0.25, 0.3) is 0 Å². The van der Waals surface area contributed by atoms with Gasteiger partial charge in [-0.15, -0.1) is 11.3 Å². The minimum atomic E-state index is 0.892. The second-order valence-corrected chi connectivity index (χ2v) is 17.4. The first-order chi connectivity index (χ1) is 30.2. The van der Waals surface area contributed by atoms with E-state index < -0.39 is 0 Å². The first-order valence-electron chi connectivity index (χ1n) is 20.8. The summed E-state index contributed by atoms with van der Waals surface area (Å²) in [7, 11) is 0. The predicted octanol–water partition coefficient (Wildman–Crippen LogP) is 17.5. The quantitative estimate of drug-likeness (QED) is 0.178. The van der Waals surface area contributed by atoms with Gasteiger partial charge in [0.2, 0.25) is 0 Å². The molecule has 0 aliphatic rings. The Morgan fingerprint density at radius 2 is 0.721 bits per heavy atom. The third-order valence-electron chi connectivity index (χ3n) is 13.0. The van der Waals surface area contributed by atoms with Crippen molar-refractivity contribution in [3.8, 4) is 33.4 Å². The van der Waals surface area contributed by atoms with Crippen molar-refractivity contribution in [3.05, 3.63) is 194 Å². The average molecular weight is 793 g/mol. The van der Waals surface area contributed by atoms with E-state index in [2.05, 4.69) is 194 Å². The standard InChI is InChI=1S/C58H32O2S/c1-5-15-41-33(11-1)21-24-49-53(41)55-43-17-7-3-13-36(43)31-46(57(55)59-49)39-27-38(35-23-26-52-48(30-35)45-19-9-10-20-51(45)61-52)28-40(29-39)47-32-37-14-4-8-18-44(37)56-54-42-16-6-2-12-34(42)22-25-50(54)60-58(47)56/h1-32H. The molecule has 0 saturated heterocycles. The molecule has 61 heavy (non-hydrogen) atoms. The molecule has 0 spiro atoms. The summed E-state index contributed by atoms with van der Waals surface area (Å²) in [6.45, 7) is 0. The van der Waals surface area contributed by atoms with E-state index in [4.69, 9.17) is 8.83 Å². The van der Waals surface area contributed by atoms with Crippen LogP contribution >= 0.6 is 11.3 Å². The Labute approximate surface area is 353 Å². The SMILES string of the molecule is c1ccc2c(c1)ccc1oc3c(-c4cc(-c5ccc6sc7ccccc7c6c5)cc(-c5cc6ccccc6c6c5oc5ccc7ccccc7c56)c4)cc4ccccc4c3c12. The summed E-state index contributed by atoms with van der Waals surface area (Å²) in [4.78, 5) is 0. The zero-order chi connectivity index (χ0) is 39.8. The maximum absolute atomic E-state index is 7.03. The number of hydrogen-bond acceptors (Lipinski definition) is 3. The van der Waals surface area contributed by atoms with Gasteiger partial charge in [0.15, 0.2) is 0 Å². The van der Waals surface area contributed by atoms with Crippen molar-refractivity contribution in [2.75, 3.05) is 0 Å². The Kier molecular flexibility index (Phi) is 6.74. The smallest absolute Gasteiger partial charge is 0.143 e. The van der Waals surface area contributed by atoms with E-state index in [9.17, 15) is 0 Å². The number of rotatable bonds is 3. The van der Waals surface area contributed by atoms with Crippen LogP contribution in [0.5, 0.6) is 0 Å². The summed E-state index contributed by atoms with van der Waals surface area (Å²) in [6.07, 6.45) is 0. The number of thiophene rings is 1. The second kappa shape index (κ2) is 12.4. The lowest BCUT2D eigenvalue weighted by Gasteiger charge is -2.14. The fourth-order valence-corrected chi connectivity index (χ4v) is 11.3. The zero-order valence-electron chi connectivity index (χ0n) is 32.7. The van der Waals surface area contributed by atoms with Crippen molar-refractivity contribution in [1.29, 1.82) is 0 Å². The van der Waals surface area contributed by atoms with E-state index in [1.165, 1.54) is 68.8 Å². The second-order valence-electron chi connectivity index (χ2n) is 16.3. The van der Waals surface area contributed by atoms with E-state index >= 15 is 0 Å². The Morgan fingerprint density at radius 3 is 1.28 bits per heavy atom. The lowest BCUT2D eigenvalue weighted by Crippen LogP contribution is -1.89. The van der Waals surface area contributed by atoms with Gasteiger partial charge in [-0.2, -0.15) is 0 Å². The van der Waals surface area contributed by atoms with Gasteiger partial charge in [-0.25, -0.2) is 0 Å². The lowest BCUT2D eigenvalue weighted by atomic mass is 9.89. The Hall–Kier alpha value is -7.72. The van der Waals surface area contributed by atoms with Crippen molar-refractivity contribution in [1.82, 2.24) is 0 Å². The fraction of sp³-hybridized carbons (Fsp3) is 0. The van der Waals surface area contributed by atoms with Gasteiger partial charge >= 0.3 is 0 Å². The van der Waals surface area contributed by atoms with Gasteiger partial charge < -0.3 is 8.83 Å². The summed E-state index contributed by atoms with van der Waals surface area (Å²) in [5, 5.41) is 16.7. The van der Waals surface area contributed by atoms with Crippen molar-refractivity contribution in [2.24, 2.45) is 0 Å². The van der Waals surface area contributed by atoms with Crippen molar-refractivity contribution in [3.63, 3.8) is 0 Å². The van der Waals surface area contributed by atoms with Crippen LogP contribution in [-0.4, -0.2) is 0 Å². The van der Waals surface area contributed by atoms with Gasteiger partial charge in [-0.1, -0.05) is 133 Å². The molecule has 3 heteroatoms. The zero-order valence-corrected chi connectivity index (χ0v) is 33.5. The molecule has 2 nitrogen and oxygen atoms in total. The summed E-state index contributed by atoms with van der Waals surface area (Å²) in [5.74, 6) is 0. The predicted molar refractivity (Wildman–Crippen MR) is 260 cm³/mol. The third-order valence-corrected chi connectivity index (χ3v) is 14.1. The van der Waals surface area contributed by atoms with Gasteiger partial charge in [0.1, 0.15) is 22.3 Å². The van der Waals surface area contributed by atoms with Crippen LogP contribution in [0.3, 0.4) is 0 Å². The molecule has 0 fully saturated rings. The highest BCUT2D eigenvalue weighted by molar-refractivity contribution is 7.25. The summed E-state index contributed by atoms with van der Waals surface area (Å²) >= 11 is 1.85. The molecule has 0 saturated carbocycles. The largest absolute Gasteiger partial charge is 0.455 e. The topological polar surface area (TPSA) is 26.3 Å². The highest BCUT2D eigenvalue weighted by atomic mass is 32.1. The highest BCUT2D eigenvalue weighted by Crippen LogP contribution is 2.48. The Bertz CT molecular complexity index is 3970. The first kappa shape index (κ1) is 33.1. The molecule has 0 unspecified atom stereocenters. The minimum absolute atomic E-state index is 0.892. The molecule has 14 rings (SSSR count). The number of fused-ring (bicyclic) bond motifs is 17. The molecule has 0 bridgehead atoms. The molecule has 0 aliphatic heterocycles. The maximum Gasteiger partial charge on any atom is 0.143 e. The van der Waals surface area contributed by atoms with Crippen LogP contribution in [-0.2, 0) is 0 Å².